The van der Waals surface area contributed by atoms with Crippen molar-refractivity contribution in [1.29, 1.82) is 0 Å². The van der Waals surface area contributed by atoms with E-state index in [1.165, 1.54) is 12.1 Å². The number of aryl methyl sites for hydroxylation is 1. The maximum absolute atomic E-state index is 11.2. The Morgan fingerprint density at radius 2 is 1.89 bits per heavy atom. The fourth-order valence-electron chi connectivity index (χ4n) is 1.02. The highest BCUT2D eigenvalue weighted by Crippen LogP contribution is 2.17. The van der Waals surface area contributed by atoms with Gasteiger partial charge in [-0.1, -0.05) is 0 Å². The van der Waals surface area contributed by atoms with Crippen LogP contribution in [0, 0.1) is 6.92 Å². The van der Waals surface area contributed by atoms with Crippen LogP contribution in [-0.2, 0) is 4.79 Å². The van der Waals surface area contributed by atoms with E-state index >= 15 is 0 Å². The minimum absolute atomic E-state index is 0.107. The van der Waals surface area contributed by atoms with E-state index in [2.05, 4.69) is 0 Å². The molecule has 0 radical (unpaired) electrons. The summed E-state index contributed by atoms with van der Waals surface area (Å²) >= 11 is 0. The Hall–Kier alpha value is -1.85. The number of Topliss-reactive ketones (excluding diaryl/α,β-unsaturated/α-hetero) is 1. The van der Waals surface area contributed by atoms with Crippen LogP contribution in [-0.4, -0.2) is 23.4 Å². The van der Waals surface area contributed by atoms with Crippen molar-refractivity contribution in [2.45, 2.75) is 26.4 Å². The number of hydrogen-bond acceptors (Lipinski definition) is 3. The summed E-state index contributed by atoms with van der Waals surface area (Å²) in [6.07, 6.45) is -3.53. The molecule has 0 heterocycles. The SMILES string of the molecule is CC(F)(F)F.Cc1cc(C(=O)CC=O)ccc1O. The minimum atomic E-state index is -4.00. The maximum atomic E-state index is 11.2. The highest BCUT2D eigenvalue weighted by molar-refractivity contribution is 6.02. The van der Waals surface area contributed by atoms with E-state index in [1.54, 1.807) is 13.0 Å². The molecule has 0 aliphatic rings. The summed E-state index contributed by atoms with van der Waals surface area (Å²) in [4.78, 5) is 21.3. The van der Waals surface area contributed by atoms with Crippen LogP contribution in [0.25, 0.3) is 0 Å². The third-order valence-corrected chi connectivity index (χ3v) is 1.79. The number of ketones is 1. The average molecular weight is 262 g/mol. The van der Waals surface area contributed by atoms with Crippen LogP contribution in [0.1, 0.15) is 29.3 Å². The van der Waals surface area contributed by atoms with Crippen molar-refractivity contribution in [2.24, 2.45) is 0 Å². The number of hydrogen-bond donors (Lipinski definition) is 1. The van der Waals surface area contributed by atoms with Crippen LogP contribution in [0.15, 0.2) is 18.2 Å². The molecule has 0 aliphatic heterocycles. The van der Waals surface area contributed by atoms with Crippen molar-refractivity contribution in [3.63, 3.8) is 0 Å². The first-order chi connectivity index (χ1) is 8.15. The maximum Gasteiger partial charge on any atom is 0.386 e. The van der Waals surface area contributed by atoms with E-state index in [0.717, 1.165) is 0 Å². The van der Waals surface area contributed by atoms with Crippen molar-refractivity contribution in [2.75, 3.05) is 0 Å². The van der Waals surface area contributed by atoms with E-state index in [9.17, 15) is 27.9 Å². The van der Waals surface area contributed by atoms with Gasteiger partial charge in [-0.25, -0.2) is 0 Å². The van der Waals surface area contributed by atoms with Crippen LogP contribution < -0.4 is 0 Å². The first-order valence-corrected chi connectivity index (χ1v) is 4.98. The highest BCUT2D eigenvalue weighted by atomic mass is 19.4. The third-order valence-electron chi connectivity index (χ3n) is 1.79. The van der Waals surface area contributed by atoms with Crippen molar-refractivity contribution < 1.29 is 27.9 Å². The van der Waals surface area contributed by atoms with Crippen LogP contribution in [0.4, 0.5) is 13.2 Å². The van der Waals surface area contributed by atoms with Crippen LogP contribution in [0.5, 0.6) is 5.75 Å². The molecule has 18 heavy (non-hydrogen) atoms. The van der Waals surface area contributed by atoms with Crippen LogP contribution in [0.3, 0.4) is 0 Å². The molecule has 1 N–H and O–H groups in total. The molecule has 0 fully saturated rings. The number of carbonyl (C=O) groups excluding carboxylic acids is 2. The van der Waals surface area contributed by atoms with Crippen molar-refractivity contribution in [3.05, 3.63) is 29.3 Å². The van der Waals surface area contributed by atoms with Gasteiger partial charge in [0, 0.05) is 12.5 Å². The molecule has 0 spiro atoms. The summed E-state index contributed by atoms with van der Waals surface area (Å²) in [5, 5.41) is 9.17. The largest absolute Gasteiger partial charge is 0.508 e. The van der Waals surface area contributed by atoms with Crippen molar-refractivity contribution in [3.8, 4) is 5.75 Å². The van der Waals surface area contributed by atoms with Gasteiger partial charge in [-0.3, -0.25) is 4.79 Å². The molecule has 0 saturated heterocycles. The number of aldehydes is 1. The van der Waals surface area contributed by atoms with Gasteiger partial charge in [-0.15, -0.1) is 0 Å². The summed E-state index contributed by atoms with van der Waals surface area (Å²) < 4.78 is 31.1. The van der Waals surface area contributed by atoms with Gasteiger partial charge in [-0.2, -0.15) is 13.2 Å². The second-order valence-electron chi connectivity index (χ2n) is 3.58. The van der Waals surface area contributed by atoms with E-state index in [-0.39, 0.29) is 24.9 Å². The Bertz CT molecular complexity index is 419. The standard InChI is InChI=1S/C10H10O3.C2H3F3/c1-7-6-8(2-3-9(7)12)10(13)4-5-11;1-2(3,4)5/h2-3,5-6,12H,4H2,1H3;1H3. The molecule has 0 unspecified atom stereocenters. The number of rotatable bonds is 3. The van der Waals surface area contributed by atoms with E-state index in [0.29, 0.717) is 17.4 Å². The van der Waals surface area contributed by atoms with E-state index in [4.69, 9.17) is 0 Å². The quantitative estimate of drug-likeness (QED) is 0.517. The van der Waals surface area contributed by atoms with Crippen LogP contribution in [0.2, 0.25) is 0 Å². The molecule has 0 amide bonds. The van der Waals surface area contributed by atoms with E-state index < -0.39 is 6.18 Å². The predicted molar refractivity (Wildman–Crippen MR) is 59.6 cm³/mol. The Labute approximate surface area is 102 Å². The Morgan fingerprint density at radius 3 is 2.28 bits per heavy atom. The fraction of sp³-hybridized carbons (Fsp3) is 0.333. The lowest BCUT2D eigenvalue weighted by atomic mass is 10.1. The number of phenols is 1. The number of benzene rings is 1. The van der Waals surface area contributed by atoms with Gasteiger partial charge in [0.1, 0.15) is 12.0 Å². The zero-order valence-electron chi connectivity index (χ0n) is 9.91. The predicted octanol–water partition coefficient (Wildman–Crippen LogP) is 3.04. The number of alkyl halides is 3. The molecule has 3 nitrogen and oxygen atoms in total. The zero-order chi connectivity index (χ0) is 14.3. The van der Waals surface area contributed by atoms with Gasteiger partial charge in [0.25, 0.3) is 0 Å². The number of phenolic OH excluding ortho intramolecular Hbond substituents is 1. The summed E-state index contributed by atoms with van der Waals surface area (Å²) in [6.45, 7) is 1.89. The smallest absolute Gasteiger partial charge is 0.386 e. The van der Waals surface area contributed by atoms with Crippen LogP contribution >= 0.6 is 0 Å². The summed E-state index contributed by atoms with van der Waals surface area (Å²) in [5.74, 6) is -0.0687. The highest BCUT2D eigenvalue weighted by Gasteiger charge is 2.15. The van der Waals surface area contributed by atoms with Crippen molar-refractivity contribution in [1.82, 2.24) is 0 Å². The molecule has 0 bridgehead atoms. The molecule has 1 rings (SSSR count). The number of halogens is 3. The molecule has 1 aromatic rings. The average Bonchev–Trinajstić information content (AvgIpc) is 2.20. The Kier molecular flexibility index (Phi) is 6.08. The number of carbonyl (C=O) groups is 2. The van der Waals surface area contributed by atoms with Gasteiger partial charge in [0.2, 0.25) is 0 Å². The van der Waals surface area contributed by atoms with E-state index in [1.807, 2.05) is 0 Å². The monoisotopic (exact) mass is 262 g/mol. The lowest BCUT2D eigenvalue weighted by Gasteiger charge is -2.00. The first-order valence-electron chi connectivity index (χ1n) is 4.98. The van der Waals surface area contributed by atoms with Gasteiger partial charge < -0.3 is 9.90 Å². The second-order valence-corrected chi connectivity index (χ2v) is 3.58. The summed E-state index contributed by atoms with van der Waals surface area (Å²) in [6, 6.07) is 4.53. The molecule has 0 aliphatic carbocycles. The lowest BCUT2D eigenvalue weighted by molar-refractivity contribution is -0.110. The molecule has 0 aromatic heterocycles. The molecular formula is C12H13F3O3. The van der Waals surface area contributed by atoms with Gasteiger partial charge >= 0.3 is 6.18 Å². The first kappa shape index (κ1) is 16.1. The second kappa shape index (κ2) is 6.78. The van der Waals surface area contributed by atoms with Gasteiger partial charge in [-0.05, 0) is 30.7 Å². The minimum Gasteiger partial charge on any atom is -0.508 e. The molecule has 6 heteroatoms. The molecule has 100 valence electrons. The Morgan fingerprint density at radius 1 is 1.39 bits per heavy atom. The van der Waals surface area contributed by atoms with Gasteiger partial charge in [0.15, 0.2) is 5.78 Å². The number of aromatic hydroxyl groups is 1. The van der Waals surface area contributed by atoms with Gasteiger partial charge in [0.05, 0.1) is 6.42 Å². The normalized spacial score (nSPS) is 10.3. The molecule has 0 saturated carbocycles. The summed E-state index contributed by atoms with van der Waals surface area (Å²) in [7, 11) is 0. The molecule has 1 aromatic carbocycles. The summed E-state index contributed by atoms with van der Waals surface area (Å²) in [5.41, 5.74) is 1.10. The Balaban J connectivity index is 0.000000494. The third kappa shape index (κ3) is 7.43. The fourth-order valence-corrected chi connectivity index (χ4v) is 1.02. The molecule has 0 atom stereocenters. The zero-order valence-corrected chi connectivity index (χ0v) is 9.91. The topological polar surface area (TPSA) is 54.4 Å². The van der Waals surface area contributed by atoms with Crippen molar-refractivity contribution >= 4 is 12.1 Å². The molecular weight excluding hydrogens is 249 g/mol. The lowest BCUT2D eigenvalue weighted by Crippen LogP contribution is -1.99.